The Morgan fingerprint density at radius 3 is 2.53 bits per heavy atom. The summed E-state index contributed by atoms with van der Waals surface area (Å²) < 4.78 is 5.15. The fourth-order valence-electron chi connectivity index (χ4n) is 2.25. The van der Waals surface area contributed by atoms with Crippen molar-refractivity contribution in [2.75, 3.05) is 7.11 Å². The molecule has 0 saturated carbocycles. The molecule has 0 N–H and O–H groups in total. The number of hydrogen-bond acceptors (Lipinski definition) is 3. The van der Waals surface area contributed by atoms with E-state index in [4.69, 9.17) is 10.00 Å². The van der Waals surface area contributed by atoms with Crippen molar-refractivity contribution >= 4 is 0 Å². The van der Waals surface area contributed by atoms with E-state index in [-0.39, 0.29) is 0 Å². The summed E-state index contributed by atoms with van der Waals surface area (Å²) >= 11 is 0. The Kier molecular flexibility index (Phi) is 2.59. The highest BCUT2D eigenvalue weighted by atomic mass is 16.5. The minimum absolute atomic E-state index is 0.482. The lowest BCUT2D eigenvalue weighted by Gasteiger charge is -2.19. The van der Waals surface area contributed by atoms with Gasteiger partial charge in [0.05, 0.1) is 7.11 Å². The van der Waals surface area contributed by atoms with Crippen molar-refractivity contribution in [3.63, 3.8) is 0 Å². The molecule has 0 aliphatic heterocycles. The molecule has 0 bridgehead atoms. The molecule has 0 unspecified atom stereocenters. The maximum absolute atomic E-state index is 9.13. The molecule has 0 amide bonds. The smallest absolute Gasteiger partial charge is 0.231 e. The molecule has 1 aromatic rings. The standard InChI is InChI=1S/C12H14N2O/c1-8-9-5-3-4-6-10(9)11(7-13)12(14-8)15-2/h3-6H2,1-2H3. The monoisotopic (exact) mass is 202 g/mol. The summed E-state index contributed by atoms with van der Waals surface area (Å²) in [5.74, 6) is 0.482. The molecule has 0 radical (unpaired) electrons. The van der Waals surface area contributed by atoms with Crippen LogP contribution in [0.4, 0.5) is 0 Å². The minimum Gasteiger partial charge on any atom is -0.480 e. The van der Waals surface area contributed by atoms with E-state index in [1.54, 1.807) is 7.11 Å². The Morgan fingerprint density at radius 2 is 1.93 bits per heavy atom. The van der Waals surface area contributed by atoms with Crippen LogP contribution in [-0.2, 0) is 12.8 Å². The van der Waals surface area contributed by atoms with Gasteiger partial charge in [0.25, 0.3) is 0 Å². The number of aromatic nitrogens is 1. The highest BCUT2D eigenvalue weighted by Gasteiger charge is 2.20. The number of fused-ring (bicyclic) bond motifs is 1. The van der Waals surface area contributed by atoms with Crippen LogP contribution in [-0.4, -0.2) is 12.1 Å². The number of rotatable bonds is 1. The Hall–Kier alpha value is -1.56. The van der Waals surface area contributed by atoms with E-state index >= 15 is 0 Å². The van der Waals surface area contributed by atoms with Crippen LogP contribution < -0.4 is 4.74 Å². The first-order valence-electron chi connectivity index (χ1n) is 5.24. The second-order valence-electron chi connectivity index (χ2n) is 3.86. The normalized spacial score (nSPS) is 14.2. The second-order valence-corrected chi connectivity index (χ2v) is 3.86. The number of methoxy groups -OCH3 is 1. The lowest BCUT2D eigenvalue weighted by Crippen LogP contribution is -2.10. The number of pyridine rings is 1. The Morgan fingerprint density at radius 1 is 1.27 bits per heavy atom. The second kappa shape index (κ2) is 3.90. The van der Waals surface area contributed by atoms with Crippen LogP contribution in [0.25, 0.3) is 0 Å². The zero-order valence-corrected chi connectivity index (χ0v) is 9.13. The maximum Gasteiger partial charge on any atom is 0.231 e. The summed E-state index contributed by atoms with van der Waals surface area (Å²) in [6.45, 7) is 1.99. The number of nitrogens with zero attached hydrogens (tertiary/aromatic N) is 2. The predicted molar refractivity (Wildman–Crippen MR) is 56.9 cm³/mol. The van der Waals surface area contributed by atoms with Crippen LogP contribution in [0.1, 0.15) is 35.2 Å². The lowest BCUT2D eigenvalue weighted by atomic mass is 9.88. The zero-order valence-electron chi connectivity index (χ0n) is 9.13. The van der Waals surface area contributed by atoms with E-state index < -0.39 is 0 Å². The molecule has 0 saturated heterocycles. The molecule has 2 rings (SSSR count). The van der Waals surface area contributed by atoms with Crippen molar-refractivity contribution in [1.82, 2.24) is 4.98 Å². The van der Waals surface area contributed by atoms with Crippen LogP contribution >= 0.6 is 0 Å². The average Bonchev–Trinajstić information content (AvgIpc) is 2.29. The Balaban J connectivity index is 2.66. The first-order valence-corrected chi connectivity index (χ1v) is 5.24. The van der Waals surface area contributed by atoms with Crippen molar-refractivity contribution in [3.05, 3.63) is 22.4 Å². The molecule has 1 aliphatic rings. The van der Waals surface area contributed by atoms with Crippen molar-refractivity contribution in [3.8, 4) is 11.9 Å². The molecule has 3 heteroatoms. The number of nitriles is 1. The molecule has 1 heterocycles. The van der Waals surface area contributed by atoms with Crippen LogP contribution in [0.3, 0.4) is 0 Å². The lowest BCUT2D eigenvalue weighted by molar-refractivity contribution is 0.393. The van der Waals surface area contributed by atoms with Crippen LogP contribution in [0.15, 0.2) is 0 Å². The molecule has 0 fully saturated rings. The van der Waals surface area contributed by atoms with Gasteiger partial charge in [-0.05, 0) is 43.7 Å². The number of ether oxygens (including phenoxy) is 1. The van der Waals surface area contributed by atoms with Crippen molar-refractivity contribution < 1.29 is 4.74 Å². The zero-order chi connectivity index (χ0) is 10.8. The first-order chi connectivity index (χ1) is 7.27. The SMILES string of the molecule is COc1nc(C)c2c(c1C#N)CCCC2. The van der Waals surface area contributed by atoms with Gasteiger partial charge in [-0.25, -0.2) is 4.98 Å². The van der Waals surface area contributed by atoms with Gasteiger partial charge >= 0.3 is 0 Å². The molecule has 1 aromatic heterocycles. The third-order valence-electron chi connectivity index (χ3n) is 2.99. The molecule has 15 heavy (non-hydrogen) atoms. The Labute approximate surface area is 89.7 Å². The van der Waals surface area contributed by atoms with Gasteiger partial charge in [-0.1, -0.05) is 0 Å². The fraction of sp³-hybridized carbons (Fsp3) is 0.500. The quantitative estimate of drug-likeness (QED) is 0.701. The minimum atomic E-state index is 0.482. The molecule has 0 aromatic carbocycles. The largest absolute Gasteiger partial charge is 0.480 e. The summed E-state index contributed by atoms with van der Waals surface area (Å²) in [6.07, 6.45) is 4.39. The summed E-state index contributed by atoms with van der Waals surface area (Å²) in [7, 11) is 1.57. The summed E-state index contributed by atoms with van der Waals surface area (Å²) in [5.41, 5.74) is 4.07. The predicted octanol–water partition coefficient (Wildman–Crippen LogP) is 2.15. The van der Waals surface area contributed by atoms with Crippen molar-refractivity contribution in [2.24, 2.45) is 0 Å². The molecule has 78 valence electrons. The molecule has 0 spiro atoms. The highest BCUT2D eigenvalue weighted by Crippen LogP contribution is 2.30. The van der Waals surface area contributed by atoms with E-state index in [1.807, 2.05) is 6.92 Å². The fourth-order valence-corrected chi connectivity index (χ4v) is 2.25. The summed E-state index contributed by atoms with van der Waals surface area (Å²) in [5, 5.41) is 9.13. The summed E-state index contributed by atoms with van der Waals surface area (Å²) in [4.78, 5) is 4.33. The third-order valence-corrected chi connectivity index (χ3v) is 2.99. The van der Waals surface area contributed by atoms with Gasteiger partial charge < -0.3 is 4.74 Å². The topological polar surface area (TPSA) is 45.9 Å². The van der Waals surface area contributed by atoms with E-state index in [0.717, 1.165) is 30.5 Å². The average molecular weight is 202 g/mol. The molecular weight excluding hydrogens is 188 g/mol. The van der Waals surface area contributed by atoms with Crippen LogP contribution in [0, 0.1) is 18.3 Å². The summed E-state index contributed by atoms with van der Waals surface area (Å²) in [6, 6.07) is 2.21. The van der Waals surface area contributed by atoms with Gasteiger partial charge in [-0.3, -0.25) is 0 Å². The van der Waals surface area contributed by atoms with Gasteiger partial charge in [0.15, 0.2) is 0 Å². The van der Waals surface area contributed by atoms with Gasteiger partial charge in [-0.2, -0.15) is 5.26 Å². The van der Waals surface area contributed by atoms with Gasteiger partial charge in [0, 0.05) is 5.69 Å². The molecular formula is C12H14N2O. The highest BCUT2D eigenvalue weighted by molar-refractivity contribution is 5.51. The van der Waals surface area contributed by atoms with Gasteiger partial charge in [-0.15, -0.1) is 0 Å². The number of aryl methyl sites for hydroxylation is 1. The van der Waals surface area contributed by atoms with Crippen LogP contribution in [0.5, 0.6) is 5.88 Å². The molecule has 1 aliphatic carbocycles. The Bertz CT molecular complexity index is 432. The van der Waals surface area contributed by atoms with Gasteiger partial charge in [0.2, 0.25) is 5.88 Å². The number of hydrogen-bond donors (Lipinski definition) is 0. The van der Waals surface area contributed by atoms with Crippen LogP contribution in [0.2, 0.25) is 0 Å². The third kappa shape index (κ3) is 1.56. The maximum atomic E-state index is 9.13. The first kappa shape index (κ1) is 9.97. The van der Waals surface area contributed by atoms with E-state index in [0.29, 0.717) is 11.4 Å². The van der Waals surface area contributed by atoms with Gasteiger partial charge in [0.1, 0.15) is 11.6 Å². The van der Waals surface area contributed by atoms with E-state index in [1.165, 1.54) is 12.0 Å². The van der Waals surface area contributed by atoms with Crippen molar-refractivity contribution in [1.29, 1.82) is 5.26 Å². The molecule has 0 atom stereocenters. The molecule has 3 nitrogen and oxygen atoms in total. The van der Waals surface area contributed by atoms with E-state index in [2.05, 4.69) is 11.1 Å². The van der Waals surface area contributed by atoms with E-state index in [9.17, 15) is 0 Å². The van der Waals surface area contributed by atoms with Crippen molar-refractivity contribution in [2.45, 2.75) is 32.6 Å².